The molecule has 2 aromatic rings. The number of nitrogens with one attached hydrogen (secondary N) is 1. The van der Waals surface area contributed by atoms with Crippen molar-refractivity contribution in [3.63, 3.8) is 0 Å². The smallest absolute Gasteiger partial charge is 0.329 e. The van der Waals surface area contributed by atoms with Gasteiger partial charge in [0.15, 0.2) is 0 Å². The third kappa shape index (κ3) is 4.42. The van der Waals surface area contributed by atoms with Crippen LogP contribution in [0.3, 0.4) is 0 Å². The van der Waals surface area contributed by atoms with Gasteiger partial charge in [-0.05, 0) is 49.8 Å². The first-order chi connectivity index (χ1) is 13.0. The lowest BCUT2D eigenvalue weighted by Crippen LogP contribution is -2.56. The van der Waals surface area contributed by atoms with Crippen molar-refractivity contribution in [3.8, 4) is 11.6 Å². The first-order valence-corrected chi connectivity index (χ1v) is 9.12. The quantitative estimate of drug-likeness (QED) is 0.809. The molecular formula is C20H23N3O4. The van der Waals surface area contributed by atoms with E-state index < -0.39 is 17.4 Å². The van der Waals surface area contributed by atoms with E-state index in [1.807, 2.05) is 0 Å². The molecular weight excluding hydrogens is 346 g/mol. The molecule has 27 heavy (non-hydrogen) atoms. The van der Waals surface area contributed by atoms with E-state index in [4.69, 9.17) is 4.74 Å². The molecule has 1 amide bonds. The minimum absolute atomic E-state index is 0.315. The number of carboxylic acids is 1. The second-order valence-corrected chi connectivity index (χ2v) is 6.87. The molecule has 1 aliphatic carbocycles. The number of aliphatic carboxylic acids is 1. The summed E-state index contributed by atoms with van der Waals surface area (Å²) in [5.74, 6) is -0.121. The molecule has 1 saturated carbocycles. The fraction of sp³-hybridized carbons (Fsp3) is 0.400. The van der Waals surface area contributed by atoms with Gasteiger partial charge >= 0.3 is 5.97 Å². The van der Waals surface area contributed by atoms with Crippen LogP contribution in [0.4, 0.5) is 0 Å². The van der Waals surface area contributed by atoms with E-state index in [0.29, 0.717) is 36.0 Å². The minimum Gasteiger partial charge on any atom is -0.480 e. The van der Waals surface area contributed by atoms with Crippen molar-refractivity contribution in [1.29, 1.82) is 0 Å². The van der Waals surface area contributed by atoms with Crippen LogP contribution in [-0.4, -0.2) is 32.5 Å². The highest BCUT2D eigenvalue weighted by Gasteiger charge is 2.43. The van der Waals surface area contributed by atoms with Gasteiger partial charge < -0.3 is 15.2 Å². The summed E-state index contributed by atoms with van der Waals surface area (Å²) in [7, 11) is 0. The van der Waals surface area contributed by atoms with E-state index in [1.165, 1.54) is 18.6 Å². The van der Waals surface area contributed by atoms with Crippen LogP contribution in [-0.2, 0) is 4.79 Å². The maximum atomic E-state index is 12.7. The van der Waals surface area contributed by atoms with Gasteiger partial charge in [0.1, 0.15) is 11.3 Å². The Hall–Kier alpha value is -2.96. The largest absolute Gasteiger partial charge is 0.480 e. The first-order valence-electron chi connectivity index (χ1n) is 9.12. The monoisotopic (exact) mass is 369 g/mol. The van der Waals surface area contributed by atoms with Crippen LogP contribution in [0.5, 0.6) is 11.6 Å². The van der Waals surface area contributed by atoms with Gasteiger partial charge in [-0.15, -0.1) is 0 Å². The summed E-state index contributed by atoms with van der Waals surface area (Å²) < 4.78 is 5.59. The molecule has 0 saturated heterocycles. The van der Waals surface area contributed by atoms with Gasteiger partial charge in [-0.2, -0.15) is 0 Å². The second-order valence-electron chi connectivity index (χ2n) is 6.87. The molecule has 0 aliphatic heterocycles. The van der Waals surface area contributed by atoms with Crippen LogP contribution in [0.25, 0.3) is 0 Å². The molecule has 1 aliphatic rings. The third-order valence-electron chi connectivity index (χ3n) is 5.16. The van der Waals surface area contributed by atoms with E-state index in [-0.39, 0.29) is 0 Å². The van der Waals surface area contributed by atoms with Crippen LogP contribution in [0.2, 0.25) is 0 Å². The van der Waals surface area contributed by atoms with Gasteiger partial charge in [-0.3, -0.25) is 9.78 Å². The lowest BCUT2D eigenvalue weighted by Gasteiger charge is -2.37. The summed E-state index contributed by atoms with van der Waals surface area (Å²) in [6.45, 7) is 2.11. The number of ether oxygens (including phenoxy) is 1. The zero-order valence-corrected chi connectivity index (χ0v) is 15.2. The summed E-state index contributed by atoms with van der Waals surface area (Å²) in [5.41, 5.74) is -0.862. The Labute approximate surface area is 157 Å². The Morgan fingerprint density at radius 3 is 2.70 bits per heavy atom. The standard InChI is InChI=1S/C20H23N3O4/c1-2-14-6-8-20(9-7-14,19(25)26)23-18(24)15-4-3-5-16(12-15)27-17-13-21-10-11-22-17/h3-5,10-14H,2,6-9H2,1H3,(H,23,24)(H,25,26). The Morgan fingerprint density at radius 2 is 2.07 bits per heavy atom. The van der Waals surface area contributed by atoms with Crippen LogP contribution in [0.1, 0.15) is 49.4 Å². The molecule has 1 fully saturated rings. The summed E-state index contributed by atoms with van der Waals surface area (Å²) in [6.07, 6.45) is 8.05. The molecule has 0 unspecified atom stereocenters. The van der Waals surface area contributed by atoms with Gasteiger partial charge in [0.05, 0.1) is 6.20 Å². The minimum atomic E-state index is -1.20. The molecule has 0 spiro atoms. The molecule has 7 nitrogen and oxygen atoms in total. The number of hydrogen-bond acceptors (Lipinski definition) is 5. The lowest BCUT2D eigenvalue weighted by atomic mass is 9.75. The van der Waals surface area contributed by atoms with E-state index in [9.17, 15) is 14.7 Å². The number of benzene rings is 1. The third-order valence-corrected chi connectivity index (χ3v) is 5.16. The molecule has 0 bridgehead atoms. The fourth-order valence-electron chi connectivity index (χ4n) is 3.42. The second kappa shape index (κ2) is 8.16. The number of nitrogens with zero attached hydrogens (tertiary/aromatic N) is 2. The normalized spacial score (nSPS) is 22.0. The highest BCUT2D eigenvalue weighted by atomic mass is 16.5. The number of carbonyl (C=O) groups excluding carboxylic acids is 1. The maximum Gasteiger partial charge on any atom is 0.329 e. The number of rotatable bonds is 6. The molecule has 1 aromatic heterocycles. The van der Waals surface area contributed by atoms with Crippen molar-refractivity contribution in [2.45, 2.75) is 44.6 Å². The molecule has 0 radical (unpaired) electrons. The SMILES string of the molecule is CCC1CCC(NC(=O)c2cccc(Oc3cnccn3)c2)(C(=O)O)CC1. The summed E-state index contributed by atoms with van der Waals surface area (Å²) in [5, 5.41) is 12.5. The fourth-order valence-corrected chi connectivity index (χ4v) is 3.42. The Kier molecular flexibility index (Phi) is 5.69. The summed E-state index contributed by atoms with van der Waals surface area (Å²) in [4.78, 5) is 32.6. The maximum absolute atomic E-state index is 12.7. The van der Waals surface area contributed by atoms with Crippen molar-refractivity contribution >= 4 is 11.9 Å². The van der Waals surface area contributed by atoms with Crippen LogP contribution < -0.4 is 10.1 Å². The predicted molar refractivity (Wildman–Crippen MR) is 98.6 cm³/mol. The molecule has 2 N–H and O–H groups in total. The average molecular weight is 369 g/mol. The van der Waals surface area contributed by atoms with E-state index in [1.54, 1.807) is 24.3 Å². The van der Waals surface area contributed by atoms with Crippen molar-refractivity contribution in [2.24, 2.45) is 5.92 Å². The number of aromatic nitrogens is 2. The number of carboxylic acid groups (broad SMARTS) is 1. The van der Waals surface area contributed by atoms with E-state index in [0.717, 1.165) is 19.3 Å². The molecule has 1 heterocycles. The van der Waals surface area contributed by atoms with Crippen molar-refractivity contribution in [2.75, 3.05) is 0 Å². The molecule has 3 rings (SSSR count). The zero-order chi connectivity index (χ0) is 19.3. The Bertz CT molecular complexity index is 802. The van der Waals surface area contributed by atoms with Crippen LogP contribution >= 0.6 is 0 Å². The Balaban J connectivity index is 1.73. The van der Waals surface area contributed by atoms with Gasteiger partial charge in [-0.1, -0.05) is 19.4 Å². The van der Waals surface area contributed by atoms with Gasteiger partial charge in [0.2, 0.25) is 5.88 Å². The summed E-state index contributed by atoms with van der Waals surface area (Å²) in [6, 6.07) is 6.58. The van der Waals surface area contributed by atoms with Gasteiger partial charge in [0.25, 0.3) is 5.91 Å². The van der Waals surface area contributed by atoms with Gasteiger partial charge in [-0.25, -0.2) is 9.78 Å². The zero-order valence-electron chi connectivity index (χ0n) is 15.2. The highest BCUT2D eigenvalue weighted by Crippen LogP contribution is 2.34. The molecule has 7 heteroatoms. The predicted octanol–water partition coefficient (Wildman–Crippen LogP) is 3.42. The lowest BCUT2D eigenvalue weighted by molar-refractivity contribution is -0.146. The molecule has 1 aromatic carbocycles. The van der Waals surface area contributed by atoms with Crippen LogP contribution in [0.15, 0.2) is 42.9 Å². The van der Waals surface area contributed by atoms with E-state index in [2.05, 4.69) is 22.2 Å². The average Bonchev–Trinajstić information content (AvgIpc) is 2.69. The number of amides is 1. The highest BCUT2D eigenvalue weighted by molar-refractivity contribution is 5.98. The number of hydrogen-bond donors (Lipinski definition) is 2. The summed E-state index contributed by atoms with van der Waals surface area (Å²) >= 11 is 0. The number of carbonyl (C=O) groups is 2. The molecule has 0 atom stereocenters. The van der Waals surface area contributed by atoms with E-state index >= 15 is 0 Å². The van der Waals surface area contributed by atoms with Crippen molar-refractivity contribution in [3.05, 3.63) is 48.4 Å². The van der Waals surface area contributed by atoms with Crippen molar-refractivity contribution in [1.82, 2.24) is 15.3 Å². The Morgan fingerprint density at radius 1 is 1.30 bits per heavy atom. The van der Waals surface area contributed by atoms with Crippen LogP contribution in [0, 0.1) is 5.92 Å². The first kappa shape index (κ1) is 18.8. The topological polar surface area (TPSA) is 101 Å². The van der Waals surface area contributed by atoms with Gasteiger partial charge in [0, 0.05) is 18.0 Å². The van der Waals surface area contributed by atoms with Crippen molar-refractivity contribution < 1.29 is 19.4 Å². The molecule has 142 valence electrons.